The van der Waals surface area contributed by atoms with Gasteiger partial charge in [0, 0.05) is 11.7 Å². The molecule has 1 atom stereocenters. The van der Waals surface area contributed by atoms with Crippen molar-refractivity contribution in [3.8, 4) is 0 Å². The van der Waals surface area contributed by atoms with Crippen molar-refractivity contribution >= 4 is 17.9 Å². The van der Waals surface area contributed by atoms with E-state index in [0.717, 1.165) is 19.3 Å². The van der Waals surface area contributed by atoms with E-state index in [0.29, 0.717) is 17.8 Å². The van der Waals surface area contributed by atoms with Crippen LogP contribution in [-0.2, 0) is 9.53 Å². The highest BCUT2D eigenvalue weighted by molar-refractivity contribution is 5.98. The fraction of sp³-hybridized carbons (Fsp3) is 0.632. The summed E-state index contributed by atoms with van der Waals surface area (Å²) in [5, 5.41) is 5.40. The van der Waals surface area contributed by atoms with Gasteiger partial charge in [0.05, 0.1) is 0 Å². The molecule has 4 fully saturated rings. The zero-order valence-corrected chi connectivity index (χ0v) is 14.9. The minimum absolute atomic E-state index is 0.163. The molecule has 1 unspecified atom stereocenters. The number of H-pyrrole nitrogens is 1. The number of rotatable bonds is 4. The van der Waals surface area contributed by atoms with Crippen molar-refractivity contribution in [2.24, 2.45) is 17.8 Å². The second kappa shape index (κ2) is 6.45. The van der Waals surface area contributed by atoms with E-state index in [-0.39, 0.29) is 11.2 Å². The number of esters is 1. The van der Waals surface area contributed by atoms with Crippen molar-refractivity contribution in [1.82, 2.24) is 15.6 Å². The molecule has 3 N–H and O–H groups in total. The van der Waals surface area contributed by atoms with Crippen LogP contribution in [0.1, 0.15) is 55.9 Å². The first-order chi connectivity index (χ1) is 12.4. The van der Waals surface area contributed by atoms with Crippen LogP contribution in [-0.4, -0.2) is 34.5 Å². The van der Waals surface area contributed by atoms with Gasteiger partial charge in [-0.2, -0.15) is 0 Å². The average molecular weight is 359 g/mol. The van der Waals surface area contributed by atoms with Crippen LogP contribution in [0, 0.1) is 17.8 Å². The summed E-state index contributed by atoms with van der Waals surface area (Å²) in [6.45, 7) is 1.45. The molecule has 5 rings (SSSR count). The molecule has 1 aromatic heterocycles. The lowest BCUT2D eigenvalue weighted by Gasteiger charge is -2.56. The maximum Gasteiger partial charge on any atom is 0.355 e. The summed E-state index contributed by atoms with van der Waals surface area (Å²) in [7, 11) is 0. The first-order valence-electron chi connectivity index (χ1n) is 9.40. The fourth-order valence-electron chi connectivity index (χ4n) is 5.48. The monoisotopic (exact) mass is 359 g/mol. The molecule has 0 saturated heterocycles. The number of hydrogen-bond donors (Lipinski definition) is 3. The molecule has 0 aliphatic heterocycles. The van der Waals surface area contributed by atoms with Gasteiger partial charge in [-0.15, -0.1) is 0 Å². The molecule has 1 aromatic rings. The summed E-state index contributed by atoms with van der Waals surface area (Å²) in [5.74, 6) is 0.875. The van der Waals surface area contributed by atoms with Gasteiger partial charge in [0.1, 0.15) is 5.69 Å². The molecule has 4 aliphatic rings. The number of hydrogen-bond acceptors (Lipinski definition) is 4. The molecular formula is C19H25N3O4. The normalized spacial score (nSPS) is 32.7. The lowest BCUT2D eigenvalue weighted by atomic mass is 9.53. The number of amides is 3. The molecule has 7 nitrogen and oxygen atoms in total. The van der Waals surface area contributed by atoms with E-state index in [4.69, 9.17) is 4.74 Å². The van der Waals surface area contributed by atoms with Crippen molar-refractivity contribution < 1.29 is 19.1 Å². The lowest BCUT2D eigenvalue weighted by molar-refractivity contribution is -0.128. The smallest absolute Gasteiger partial charge is 0.355 e. The quantitative estimate of drug-likeness (QED) is 0.719. The Hall–Kier alpha value is -2.31. The first kappa shape index (κ1) is 17.1. The molecule has 0 radical (unpaired) electrons. The topological polar surface area (TPSA) is 100 Å². The zero-order chi connectivity index (χ0) is 18.3. The van der Waals surface area contributed by atoms with E-state index >= 15 is 0 Å². The predicted molar refractivity (Wildman–Crippen MR) is 93.2 cm³/mol. The van der Waals surface area contributed by atoms with Crippen LogP contribution < -0.4 is 10.6 Å². The van der Waals surface area contributed by atoms with Gasteiger partial charge in [-0.05, 0) is 75.3 Å². The number of aromatic nitrogens is 1. The van der Waals surface area contributed by atoms with Gasteiger partial charge < -0.3 is 15.0 Å². The fourth-order valence-corrected chi connectivity index (χ4v) is 5.48. The van der Waals surface area contributed by atoms with Crippen molar-refractivity contribution in [3.63, 3.8) is 0 Å². The Morgan fingerprint density at radius 3 is 2.31 bits per heavy atom. The van der Waals surface area contributed by atoms with Crippen molar-refractivity contribution in [2.45, 2.75) is 57.1 Å². The standard InChI is InChI=1S/C19H25N3O4/c1-11(26-17(24)15-3-2-4-20-15)16(23)21-18(25)22-19-8-12-5-13(9-19)7-14(6-12)10-19/h2-4,11-14,20H,5-10H2,1H3,(H2,21,22,23,25). The Balaban J connectivity index is 1.30. The zero-order valence-electron chi connectivity index (χ0n) is 14.9. The van der Waals surface area contributed by atoms with Crippen LogP contribution in [0.4, 0.5) is 4.79 Å². The molecule has 4 aliphatic carbocycles. The molecule has 140 valence electrons. The first-order valence-corrected chi connectivity index (χ1v) is 9.40. The summed E-state index contributed by atoms with van der Waals surface area (Å²) in [5.41, 5.74) is 0.103. The number of carbonyl (C=O) groups is 3. The largest absolute Gasteiger partial charge is 0.448 e. The number of aromatic amines is 1. The van der Waals surface area contributed by atoms with Crippen molar-refractivity contribution in [3.05, 3.63) is 24.0 Å². The summed E-state index contributed by atoms with van der Waals surface area (Å²) in [6, 6.07) is 2.74. The summed E-state index contributed by atoms with van der Waals surface area (Å²) >= 11 is 0. The SMILES string of the molecule is CC(OC(=O)c1ccc[nH]1)C(=O)NC(=O)NC12CC3CC(CC(C3)C1)C2. The highest BCUT2D eigenvalue weighted by Gasteiger charge is 2.51. The predicted octanol–water partition coefficient (Wildman–Crippen LogP) is 2.35. The van der Waals surface area contributed by atoms with E-state index in [1.807, 2.05) is 0 Å². The van der Waals surface area contributed by atoms with E-state index in [1.54, 1.807) is 18.3 Å². The number of urea groups is 1. The Morgan fingerprint density at radius 1 is 1.15 bits per heavy atom. The molecule has 0 spiro atoms. The highest BCUT2D eigenvalue weighted by atomic mass is 16.5. The third-order valence-corrected chi connectivity index (χ3v) is 6.12. The maximum absolute atomic E-state index is 12.4. The van der Waals surface area contributed by atoms with Gasteiger partial charge in [0.25, 0.3) is 5.91 Å². The van der Waals surface area contributed by atoms with E-state index in [1.165, 1.54) is 26.2 Å². The molecule has 26 heavy (non-hydrogen) atoms. The third kappa shape index (κ3) is 3.34. The molecule has 7 heteroatoms. The third-order valence-electron chi connectivity index (χ3n) is 6.12. The van der Waals surface area contributed by atoms with Gasteiger partial charge >= 0.3 is 12.0 Å². The Kier molecular flexibility index (Phi) is 4.25. The summed E-state index contributed by atoms with van der Waals surface area (Å²) < 4.78 is 5.09. The Labute approximate surface area is 152 Å². The molecule has 1 heterocycles. The number of ether oxygens (including phenoxy) is 1. The van der Waals surface area contributed by atoms with Crippen LogP contribution in [0.5, 0.6) is 0 Å². The maximum atomic E-state index is 12.4. The molecule has 0 aromatic carbocycles. The number of carbonyl (C=O) groups excluding carboxylic acids is 3. The Bertz CT molecular complexity index is 677. The lowest BCUT2D eigenvalue weighted by Crippen LogP contribution is -2.62. The number of imide groups is 1. The minimum atomic E-state index is -1.05. The molecule has 4 saturated carbocycles. The molecule has 3 amide bonds. The van der Waals surface area contributed by atoms with E-state index in [9.17, 15) is 14.4 Å². The van der Waals surface area contributed by atoms with Gasteiger partial charge in [-0.25, -0.2) is 9.59 Å². The van der Waals surface area contributed by atoms with Crippen LogP contribution in [0.25, 0.3) is 0 Å². The van der Waals surface area contributed by atoms with Gasteiger partial charge in [-0.3, -0.25) is 10.1 Å². The van der Waals surface area contributed by atoms with Crippen LogP contribution in [0.3, 0.4) is 0 Å². The van der Waals surface area contributed by atoms with Crippen LogP contribution >= 0.6 is 0 Å². The minimum Gasteiger partial charge on any atom is -0.448 e. The second-order valence-corrected chi connectivity index (χ2v) is 8.27. The molecule has 4 bridgehead atoms. The average Bonchev–Trinajstić information content (AvgIpc) is 3.07. The van der Waals surface area contributed by atoms with Crippen molar-refractivity contribution in [2.75, 3.05) is 0 Å². The summed E-state index contributed by atoms with van der Waals surface area (Å²) in [4.78, 5) is 39.1. The van der Waals surface area contributed by atoms with Crippen LogP contribution in [0.15, 0.2) is 18.3 Å². The summed E-state index contributed by atoms with van der Waals surface area (Å²) in [6.07, 6.45) is 7.44. The van der Waals surface area contributed by atoms with E-state index < -0.39 is 24.0 Å². The highest BCUT2D eigenvalue weighted by Crippen LogP contribution is 2.55. The van der Waals surface area contributed by atoms with Gasteiger partial charge in [0.2, 0.25) is 0 Å². The Morgan fingerprint density at radius 2 is 1.77 bits per heavy atom. The second-order valence-electron chi connectivity index (χ2n) is 8.27. The van der Waals surface area contributed by atoms with Crippen LogP contribution in [0.2, 0.25) is 0 Å². The van der Waals surface area contributed by atoms with Gasteiger partial charge in [-0.1, -0.05) is 0 Å². The number of nitrogens with one attached hydrogen (secondary N) is 3. The molecular weight excluding hydrogens is 334 g/mol. The van der Waals surface area contributed by atoms with E-state index in [2.05, 4.69) is 15.6 Å². The van der Waals surface area contributed by atoms with Gasteiger partial charge in [0.15, 0.2) is 6.10 Å². The van der Waals surface area contributed by atoms with Crippen molar-refractivity contribution in [1.29, 1.82) is 0 Å².